The highest BCUT2D eigenvalue weighted by molar-refractivity contribution is 7.91. The number of nitrogens with zero attached hydrogens (tertiary/aromatic N) is 2. The second kappa shape index (κ2) is 5.23. The van der Waals surface area contributed by atoms with Crippen LogP contribution in [-0.2, 0) is 9.84 Å². The Labute approximate surface area is 133 Å². The lowest BCUT2D eigenvalue weighted by atomic mass is 10.2. The van der Waals surface area contributed by atoms with Crippen molar-refractivity contribution in [1.82, 2.24) is 15.1 Å². The van der Waals surface area contributed by atoms with Crippen LogP contribution >= 0.6 is 0 Å². The molecule has 1 amide bonds. The fourth-order valence-corrected chi connectivity index (χ4v) is 4.54. The van der Waals surface area contributed by atoms with Gasteiger partial charge in [0.15, 0.2) is 21.3 Å². The molecule has 0 bridgehead atoms. The Hall–Kier alpha value is -2.09. The number of carbonyl (C=O) groups is 1. The Bertz CT molecular complexity index is 834. The van der Waals surface area contributed by atoms with E-state index in [1.807, 2.05) is 0 Å². The van der Waals surface area contributed by atoms with Crippen LogP contribution in [0.5, 0.6) is 0 Å². The summed E-state index contributed by atoms with van der Waals surface area (Å²) < 4.78 is 30.6. The third kappa shape index (κ3) is 2.90. The Morgan fingerprint density at radius 1 is 1.35 bits per heavy atom. The molecular weight excluding hydrogens is 318 g/mol. The van der Waals surface area contributed by atoms with Crippen LogP contribution in [0.4, 0.5) is 0 Å². The Morgan fingerprint density at radius 2 is 2.17 bits per heavy atom. The molecule has 0 aromatic carbocycles. The molecule has 1 unspecified atom stereocenters. The minimum atomic E-state index is -3.04. The average Bonchev–Trinajstić information content (AvgIpc) is 2.96. The summed E-state index contributed by atoms with van der Waals surface area (Å²) in [5, 5.41) is 7.27. The minimum absolute atomic E-state index is 0.0477. The number of aromatic nitrogens is 2. The van der Waals surface area contributed by atoms with Crippen molar-refractivity contribution in [2.75, 3.05) is 11.5 Å². The van der Waals surface area contributed by atoms with Gasteiger partial charge in [0, 0.05) is 12.1 Å². The standard InChI is InChI=1S/C15H17N3O4S/c19-15(16-10-3-4-10)12-8-13(14-2-1-6-22-14)18(17-12)11-5-7-23(20,21)9-11/h1-2,6,8,10-11H,3-5,7,9H2,(H,16,19). The van der Waals surface area contributed by atoms with Gasteiger partial charge in [-0.3, -0.25) is 9.48 Å². The summed E-state index contributed by atoms with van der Waals surface area (Å²) in [6.07, 6.45) is 4.04. The van der Waals surface area contributed by atoms with Crippen LogP contribution in [0.1, 0.15) is 35.8 Å². The van der Waals surface area contributed by atoms with Crippen molar-refractivity contribution in [1.29, 1.82) is 0 Å². The summed E-state index contributed by atoms with van der Waals surface area (Å²) in [6, 6.07) is 5.18. The Morgan fingerprint density at radius 3 is 2.78 bits per heavy atom. The second-order valence-electron chi connectivity index (χ2n) is 6.14. The highest BCUT2D eigenvalue weighted by atomic mass is 32.2. The molecule has 0 spiro atoms. The van der Waals surface area contributed by atoms with E-state index in [-0.39, 0.29) is 29.5 Å². The highest BCUT2D eigenvalue weighted by Crippen LogP contribution is 2.30. The van der Waals surface area contributed by atoms with Gasteiger partial charge in [-0.05, 0) is 31.4 Å². The van der Waals surface area contributed by atoms with E-state index in [2.05, 4.69) is 10.4 Å². The number of carbonyl (C=O) groups excluding carboxylic acids is 1. The highest BCUT2D eigenvalue weighted by Gasteiger charge is 2.33. The van der Waals surface area contributed by atoms with Gasteiger partial charge in [-0.25, -0.2) is 8.42 Å². The summed E-state index contributed by atoms with van der Waals surface area (Å²) in [5.41, 5.74) is 0.936. The first-order chi connectivity index (χ1) is 11.0. The molecule has 3 heterocycles. The lowest BCUT2D eigenvalue weighted by molar-refractivity contribution is 0.0945. The van der Waals surface area contributed by atoms with Crippen LogP contribution in [0, 0.1) is 0 Å². The summed E-state index contributed by atoms with van der Waals surface area (Å²) in [7, 11) is -3.04. The lowest BCUT2D eigenvalue weighted by Gasteiger charge is -2.11. The molecule has 1 saturated carbocycles. The zero-order chi connectivity index (χ0) is 16.0. The van der Waals surface area contributed by atoms with Crippen LogP contribution in [-0.4, -0.2) is 41.7 Å². The summed E-state index contributed by atoms with van der Waals surface area (Å²) in [6.45, 7) is 0. The van der Waals surface area contributed by atoms with Crippen molar-refractivity contribution in [3.05, 3.63) is 30.2 Å². The third-order valence-corrected chi connectivity index (χ3v) is 5.96. The number of hydrogen-bond acceptors (Lipinski definition) is 5. The number of furan rings is 1. The molecule has 1 aliphatic heterocycles. The Balaban J connectivity index is 1.70. The van der Waals surface area contributed by atoms with Crippen molar-refractivity contribution in [2.45, 2.75) is 31.3 Å². The topological polar surface area (TPSA) is 94.2 Å². The van der Waals surface area contributed by atoms with Crippen LogP contribution in [0.25, 0.3) is 11.5 Å². The molecule has 122 valence electrons. The Kier molecular flexibility index (Phi) is 3.29. The molecule has 4 rings (SSSR count). The zero-order valence-corrected chi connectivity index (χ0v) is 13.3. The van der Waals surface area contributed by atoms with Gasteiger partial charge >= 0.3 is 0 Å². The average molecular weight is 335 g/mol. The van der Waals surface area contributed by atoms with Gasteiger partial charge in [-0.2, -0.15) is 5.10 Å². The van der Waals surface area contributed by atoms with E-state index in [1.165, 1.54) is 0 Å². The fourth-order valence-electron chi connectivity index (χ4n) is 2.85. The molecule has 8 heteroatoms. The van der Waals surface area contributed by atoms with Gasteiger partial charge in [0.1, 0.15) is 5.69 Å². The molecule has 2 aliphatic rings. The van der Waals surface area contributed by atoms with Crippen molar-refractivity contribution >= 4 is 15.7 Å². The molecule has 23 heavy (non-hydrogen) atoms. The van der Waals surface area contributed by atoms with Crippen LogP contribution in [0.3, 0.4) is 0 Å². The quantitative estimate of drug-likeness (QED) is 0.911. The SMILES string of the molecule is O=C(NC1CC1)c1cc(-c2ccco2)n(C2CCS(=O)(=O)C2)n1. The molecule has 1 saturated heterocycles. The molecule has 7 nitrogen and oxygen atoms in total. The van der Waals surface area contributed by atoms with Crippen molar-refractivity contribution in [2.24, 2.45) is 0 Å². The van der Waals surface area contributed by atoms with Crippen molar-refractivity contribution < 1.29 is 17.6 Å². The van der Waals surface area contributed by atoms with Gasteiger partial charge in [-0.15, -0.1) is 0 Å². The molecule has 1 aliphatic carbocycles. The fraction of sp³-hybridized carbons (Fsp3) is 0.467. The number of rotatable bonds is 4. The molecule has 1 N–H and O–H groups in total. The monoisotopic (exact) mass is 335 g/mol. The molecule has 2 aromatic rings. The van der Waals surface area contributed by atoms with Gasteiger partial charge in [-0.1, -0.05) is 0 Å². The molecule has 1 atom stereocenters. The predicted molar refractivity (Wildman–Crippen MR) is 82.7 cm³/mol. The molecule has 0 radical (unpaired) electrons. The first-order valence-electron chi connectivity index (χ1n) is 7.66. The first-order valence-corrected chi connectivity index (χ1v) is 9.49. The largest absolute Gasteiger partial charge is 0.463 e. The van der Waals surface area contributed by atoms with Gasteiger partial charge in [0.2, 0.25) is 0 Å². The van der Waals surface area contributed by atoms with E-state index in [9.17, 15) is 13.2 Å². The van der Waals surface area contributed by atoms with E-state index in [0.717, 1.165) is 12.8 Å². The maximum Gasteiger partial charge on any atom is 0.272 e. The van der Waals surface area contributed by atoms with E-state index in [4.69, 9.17) is 4.42 Å². The molecule has 2 fully saturated rings. The second-order valence-corrected chi connectivity index (χ2v) is 8.37. The van der Waals surface area contributed by atoms with Crippen molar-refractivity contribution in [3.63, 3.8) is 0 Å². The number of sulfone groups is 1. The van der Waals surface area contributed by atoms with E-state index >= 15 is 0 Å². The van der Waals surface area contributed by atoms with Crippen molar-refractivity contribution in [3.8, 4) is 11.5 Å². The molecule has 2 aromatic heterocycles. The number of hydrogen-bond donors (Lipinski definition) is 1. The van der Waals surface area contributed by atoms with Crippen LogP contribution in [0.15, 0.2) is 28.9 Å². The van der Waals surface area contributed by atoms with Crippen LogP contribution in [0.2, 0.25) is 0 Å². The first kappa shape index (κ1) is 14.5. The van der Waals surface area contributed by atoms with E-state index < -0.39 is 9.84 Å². The summed E-state index contributed by atoms with van der Waals surface area (Å²) >= 11 is 0. The van der Waals surface area contributed by atoms with E-state index in [1.54, 1.807) is 29.1 Å². The smallest absolute Gasteiger partial charge is 0.272 e. The predicted octanol–water partition coefficient (Wildman–Crippen LogP) is 1.39. The number of nitrogens with one attached hydrogen (secondary N) is 1. The maximum atomic E-state index is 12.2. The molecular formula is C15H17N3O4S. The third-order valence-electron chi connectivity index (χ3n) is 4.21. The van der Waals surface area contributed by atoms with Gasteiger partial charge in [0.05, 0.1) is 23.8 Å². The van der Waals surface area contributed by atoms with E-state index in [0.29, 0.717) is 23.6 Å². The lowest BCUT2D eigenvalue weighted by Crippen LogP contribution is -2.26. The summed E-state index contributed by atoms with van der Waals surface area (Å²) in [5.74, 6) is 0.553. The van der Waals surface area contributed by atoms with Crippen LogP contribution < -0.4 is 5.32 Å². The zero-order valence-electron chi connectivity index (χ0n) is 12.4. The summed E-state index contributed by atoms with van der Waals surface area (Å²) in [4.78, 5) is 12.2. The van der Waals surface area contributed by atoms with Gasteiger partial charge < -0.3 is 9.73 Å². The normalized spacial score (nSPS) is 23.0. The number of amides is 1. The van der Waals surface area contributed by atoms with Gasteiger partial charge in [0.25, 0.3) is 5.91 Å². The maximum absolute atomic E-state index is 12.2. The minimum Gasteiger partial charge on any atom is -0.463 e.